The molecule has 180 valence electrons. The second-order valence-electron chi connectivity index (χ2n) is 8.10. The van der Waals surface area contributed by atoms with Crippen LogP contribution in [0.3, 0.4) is 0 Å². The first kappa shape index (κ1) is 26.2. The van der Waals surface area contributed by atoms with Gasteiger partial charge in [0, 0.05) is 12.3 Å². The van der Waals surface area contributed by atoms with E-state index >= 15 is 0 Å². The van der Waals surface area contributed by atoms with Crippen molar-refractivity contribution in [2.75, 3.05) is 19.8 Å². The number of hydrogen-bond acceptors (Lipinski definition) is 6. The molecule has 0 radical (unpaired) electrons. The lowest BCUT2D eigenvalue weighted by molar-refractivity contribution is -0.148. The maximum absolute atomic E-state index is 12.2. The Morgan fingerprint density at radius 2 is 1.82 bits per heavy atom. The van der Waals surface area contributed by atoms with E-state index in [-0.39, 0.29) is 23.9 Å². The number of amides is 1. The van der Waals surface area contributed by atoms with Crippen molar-refractivity contribution >= 4 is 11.9 Å². The van der Waals surface area contributed by atoms with Gasteiger partial charge < -0.3 is 19.5 Å². The maximum Gasteiger partial charge on any atom is 0.309 e. The van der Waals surface area contributed by atoms with Crippen LogP contribution in [0.4, 0.5) is 0 Å². The second-order valence-corrected chi connectivity index (χ2v) is 8.10. The summed E-state index contributed by atoms with van der Waals surface area (Å²) >= 11 is 0. The fourth-order valence-electron chi connectivity index (χ4n) is 3.28. The highest BCUT2D eigenvalue weighted by Gasteiger charge is 2.19. The zero-order valence-corrected chi connectivity index (χ0v) is 20.1. The molecule has 0 aliphatic rings. The summed E-state index contributed by atoms with van der Waals surface area (Å²) in [7, 11) is 0. The number of nitrogens with zero attached hydrogens (tertiary/aromatic N) is 1. The van der Waals surface area contributed by atoms with Crippen molar-refractivity contribution in [1.29, 1.82) is 0 Å². The highest BCUT2D eigenvalue weighted by atomic mass is 16.5. The minimum atomic E-state index is -0.213. The summed E-state index contributed by atoms with van der Waals surface area (Å²) in [5.74, 6) is 0.750. The Hall–Kier alpha value is -3.09. The van der Waals surface area contributed by atoms with E-state index in [1.807, 2.05) is 45.0 Å². The van der Waals surface area contributed by atoms with Crippen LogP contribution >= 0.6 is 0 Å². The molecule has 2 aromatic rings. The number of rotatable bonds is 14. The highest BCUT2D eigenvalue weighted by Crippen LogP contribution is 2.20. The zero-order valence-electron chi connectivity index (χ0n) is 20.1. The van der Waals surface area contributed by atoms with Gasteiger partial charge in [-0.1, -0.05) is 31.9 Å². The van der Waals surface area contributed by atoms with Crippen molar-refractivity contribution in [2.24, 2.45) is 5.92 Å². The van der Waals surface area contributed by atoms with Crippen molar-refractivity contribution in [3.8, 4) is 11.6 Å². The molecular weight excluding hydrogens is 420 g/mol. The minimum absolute atomic E-state index is 0.0310. The van der Waals surface area contributed by atoms with Crippen LogP contribution in [0.2, 0.25) is 0 Å². The fraction of sp³-hybridized carbons (Fsp3) is 0.500. The molecule has 0 saturated carbocycles. The van der Waals surface area contributed by atoms with Gasteiger partial charge in [0.2, 0.25) is 5.88 Å². The van der Waals surface area contributed by atoms with Crippen molar-refractivity contribution in [3.63, 3.8) is 0 Å². The van der Waals surface area contributed by atoms with Crippen LogP contribution in [-0.2, 0) is 16.0 Å². The van der Waals surface area contributed by atoms with E-state index < -0.39 is 0 Å². The molecule has 1 amide bonds. The van der Waals surface area contributed by atoms with Gasteiger partial charge in [-0.2, -0.15) is 0 Å². The summed E-state index contributed by atoms with van der Waals surface area (Å²) in [6.07, 6.45) is 5.07. The minimum Gasteiger partial charge on any atom is -0.492 e. The monoisotopic (exact) mass is 456 g/mol. The third-order valence-electron chi connectivity index (χ3n) is 4.94. The molecule has 0 spiro atoms. The van der Waals surface area contributed by atoms with Crippen LogP contribution < -0.4 is 14.8 Å². The average Bonchev–Trinajstić information content (AvgIpc) is 2.80. The van der Waals surface area contributed by atoms with E-state index in [1.165, 1.54) is 6.20 Å². The summed E-state index contributed by atoms with van der Waals surface area (Å²) in [6.45, 7) is 8.90. The normalized spacial score (nSPS) is 11.7. The Bertz CT molecular complexity index is 850. The predicted octanol–water partition coefficient (Wildman–Crippen LogP) is 4.59. The van der Waals surface area contributed by atoms with Crippen LogP contribution in [0.15, 0.2) is 42.6 Å². The number of carbonyl (C=O) groups excluding carboxylic acids is 2. The van der Waals surface area contributed by atoms with Crippen LogP contribution in [0.25, 0.3) is 0 Å². The van der Waals surface area contributed by atoms with E-state index in [9.17, 15) is 9.59 Å². The largest absolute Gasteiger partial charge is 0.492 e. The van der Waals surface area contributed by atoms with Gasteiger partial charge in [-0.25, -0.2) is 4.98 Å². The smallest absolute Gasteiger partial charge is 0.309 e. The van der Waals surface area contributed by atoms with Gasteiger partial charge in [0.15, 0.2) is 0 Å². The number of hydrogen-bond donors (Lipinski definition) is 1. The molecule has 1 N–H and O–H groups in total. The average molecular weight is 457 g/mol. The Labute approximate surface area is 196 Å². The second kappa shape index (κ2) is 14.1. The molecule has 0 bridgehead atoms. The fourth-order valence-corrected chi connectivity index (χ4v) is 3.28. The Morgan fingerprint density at radius 1 is 1.06 bits per heavy atom. The van der Waals surface area contributed by atoms with E-state index in [2.05, 4.69) is 17.2 Å². The molecule has 1 heterocycles. The Kier molecular flexibility index (Phi) is 11.2. The van der Waals surface area contributed by atoms with Crippen LogP contribution in [-0.4, -0.2) is 42.7 Å². The van der Waals surface area contributed by atoms with Gasteiger partial charge in [-0.3, -0.25) is 9.59 Å². The number of nitrogens with one attached hydrogen (secondary N) is 1. The number of aromatic nitrogens is 1. The molecule has 33 heavy (non-hydrogen) atoms. The number of esters is 1. The molecule has 0 aliphatic carbocycles. The molecule has 0 aliphatic heterocycles. The Balaban J connectivity index is 1.77. The van der Waals surface area contributed by atoms with Crippen LogP contribution in [0.1, 0.15) is 62.9 Å². The summed E-state index contributed by atoms with van der Waals surface area (Å²) in [5.41, 5.74) is 1.54. The SMILES string of the molecule is CCCCC(Cc1ccc(OCCNC(=O)c2ccc(OC(C)C)nc2)cc1)C(=O)OCC. The van der Waals surface area contributed by atoms with E-state index in [0.29, 0.717) is 43.4 Å². The summed E-state index contributed by atoms with van der Waals surface area (Å²) < 4.78 is 16.4. The lowest BCUT2D eigenvalue weighted by Crippen LogP contribution is -2.28. The molecule has 0 fully saturated rings. The standard InChI is InChI=1S/C26H36N2O5/c1-5-7-8-21(26(30)31-6-2)17-20-9-12-23(13-10-20)32-16-15-27-25(29)22-11-14-24(28-18-22)33-19(3)4/h9-14,18-19,21H,5-8,15-17H2,1-4H3,(H,27,29). The van der Waals surface area contributed by atoms with Gasteiger partial charge in [-0.05, 0) is 57.4 Å². The first-order valence-electron chi connectivity index (χ1n) is 11.7. The number of unbranched alkanes of at least 4 members (excludes halogenated alkanes) is 1. The van der Waals surface area contributed by atoms with Crippen molar-refractivity contribution in [3.05, 3.63) is 53.7 Å². The highest BCUT2D eigenvalue weighted by molar-refractivity contribution is 5.93. The topological polar surface area (TPSA) is 86.8 Å². The number of carbonyl (C=O) groups is 2. The Morgan fingerprint density at radius 3 is 2.42 bits per heavy atom. The van der Waals surface area contributed by atoms with Gasteiger partial charge in [0.25, 0.3) is 5.91 Å². The molecular formula is C26H36N2O5. The molecule has 1 aromatic heterocycles. The lowest BCUT2D eigenvalue weighted by Gasteiger charge is -2.15. The summed E-state index contributed by atoms with van der Waals surface area (Å²) in [4.78, 5) is 28.6. The van der Waals surface area contributed by atoms with Gasteiger partial charge in [-0.15, -0.1) is 0 Å². The first-order chi connectivity index (χ1) is 15.9. The number of ether oxygens (including phenoxy) is 3. The molecule has 1 atom stereocenters. The lowest BCUT2D eigenvalue weighted by atomic mass is 9.94. The van der Waals surface area contributed by atoms with Crippen molar-refractivity contribution < 1.29 is 23.8 Å². The van der Waals surface area contributed by atoms with Gasteiger partial charge in [0.05, 0.1) is 30.7 Å². The van der Waals surface area contributed by atoms with Crippen LogP contribution in [0, 0.1) is 5.92 Å². The van der Waals surface area contributed by atoms with Gasteiger partial charge >= 0.3 is 5.97 Å². The third-order valence-corrected chi connectivity index (χ3v) is 4.94. The molecule has 2 rings (SSSR count). The maximum atomic E-state index is 12.2. The third kappa shape index (κ3) is 9.51. The molecule has 7 nitrogen and oxygen atoms in total. The number of benzene rings is 1. The van der Waals surface area contributed by atoms with E-state index in [0.717, 1.165) is 24.8 Å². The quantitative estimate of drug-likeness (QED) is 0.331. The van der Waals surface area contributed by atoms with E-state index in [1.54, 1.807) is 12.1 Å². The summed E-state index contributed by atoms with van der Waals surface area (Å²) in [6, 6.07) is 11.1. The molecule has 1 unspecified atom stereocenters. The van der Waals surface area contributed by atoms with Gasteiger partial charge in [0.1, 0.15) is 12.4 Å². The van der Waals surface area contributed by atoms with E-state index in [4.69, 9.17) is 14.2 Å². The molecule has 7 heteroatoms. The zero-order chi connectivity index (χ0) is 24.1. The predicted molar refractivity (Wildman–Crippen MR) is 128 cm³/mol. The van der Waals surface area contributed by atoms with Crippen molar-refractivity contribution in [2.45, 2.75) is 59.5 Å². The molecule has 1 aromatic carbocycles. The number of pyridine rings is 1. The van der Waals surface area contributed by atoms with Crippen LogP contribution in [0.5, 0.6) is 11.6 Å². The summed E-state index contributed by atoms with van der Waals surface area (Å²) in [5, 5.41) is 2.81. The first-order valence-corrected chi connectivity index (χ1v) is 11.7. The van der Waals surface area contributed by atoms with Crippen molar-refractivity contribution in [1.82, 2.24) is 10.3 Å². The molecule has 0 saturated heterocycles.